The molecule has 0 spiro atoms. The number of para-hydroxylation sites is 1. The van der Waals surface area contributed by atoms with Crippen molar-refractivity contribution in [3.8, 4) is 0 Å². The zero-order valence-electron chi connectivity index (χ0n) is 12.3. The summed E-state index contributed by atoms with van der Waals surface area (Å²) in [6.07, 6.45) is 7.77. The van der Waals surface area contributed by atoms with Gasteiger partial charge in [0.15, 0.2) is 0 Å². The van der Waals surface area contributed by atoms with Gasteiger partial charge in [0.05, 0.1) is 17.5 Å². The minimum atomic E-state index is -3.40. The fourth-order valence-corrected chi connectivity index (χ4v) is 3.23. The number of anilines is 1. The Labute approximate surface area is 126 Å². The molecule has 1 aliphatic rings. The molecule has 1 aromatic rings. The van der Waals surface area contributed by atoms with Crippen molar-refractivity contribution < 1.29 is 13.2 Å². The van der Waals surface area contributed by atoms with Crippen LogP contribution in [-0.2, 0) is 10.0 Å². The molecule has 0 radical (unpaired) electrons. The third-order valence-corrected chi connectivity index (χ3v) is 4.25. The molecule has 0 bridgehead atoms. The molecule has 1 aliphatic carbocycles. The van der Waals surface area contributed by atoms with Gasteiger partial charge in [0, 0.05) is 6.04 Å². The van der Waals surface area contributed by atoms with Crippen molar-refractivity contribution in [1.29, 1.82) is 0 Å². The van der Waals surface area contributed by atoms with Gasteiger partial charge in [0.25, 0.3) is 5.91 Å². The van der Waals surface area contributed by atoms with Crippen LogP contribution in [0.25, 0.3) is 0 Å². The van der Waals surface area contributed by atoms with Crippen LogP contribution in [0.15, 0.2) is 24.3 Å². The van der Waals surface area contributed by atoms with E-state index in [1.165, 1.54) is 12.8 Å². The van der Waals surface area contributed by atoms with Gasteiger partial charge in [-0.1, -0.05) is 37.8 Å². The molecule has 0 heterocycles. The maximum Gasteiger partial charge on any atom is 0.253 e. The summed E-state index contributed by atoms with van der Waals surface area (Å²) < 4.78 is 25.1. The number of hydrogen-bond acceptors (Lipinski definition) is 3. The van der Waals surface area contributed by atoms with Crippen LogP contribution in [0.4, 0.5) is 5.69 Å². The van der Waals surface area contributed by atoms with Crippen LogP contribution in [0, 0.1) is 0 Å². The first-order chi connectivity index (χ1) is 9.96. The van der Waals surface area contributed by atoms with Crippen molar-refractivity contribution in [2.45, 2.75) is 44.6 Å². The van der Waals surface area contributed by atoms with E-state index in [-0.39, 0.29) is 11.9 Å². The third kappa shape index (κ3) is 5.04. The normalized spacial score (nSPS) is 17.0. The Bertz CT molecular complexity index is 591. The summed E-state index contributed by atoms with van der Waals surface area (Å²) >= 11 is 0. The minimum Gasteiger partial charge on any atom is -0.349 e. The van der Waals surface area contributed by atoms with E-state index in [0.29, 0.717) is 11.3 Å². The highest BCUT2D eigenvalue weighted by Gasteiger charge is 2.18. The van der Waals surface area contributed by atoms with Gasteiger partial charge < -0.3 is 5.32 Å². The van der Waals surface area contributed by atoms with Gasteiger partial charge in [-0.2, -0.15) is 0 Å². The highest BCUT2D eigenvalue weighted by atomic mass is 32.2. The van der Waals surface area contributed by atoms with Gasteiger partial charge in [-0.05, 0) is 25.0 Å². The lowest BCUT2D eigenvalue weighted by molar-refractivity contribution is 0.0934. The monoisotopic (exact) mass is 310 g/mol. The lowest BCUT2D eigenvalue weighted by Crippen LogP contribution is -2.34. The number of carbonyl (C=O) groups excluding carboxylic acids is 1. The fraction of sp³-hybridized carbons (Fsp3) is 0.533. The SMILES string of the molecule is CS(=O)(=O)Nc1ccccc1C(=O)NC1CCCCCC1. The highest BCUT2D eigenvalue weighted by molar-refractivity contribution is 7.92. The summed E-state index contributed by atoms with van der Waals surface area (Å²) in [5.41, 5.74) is 0.693. The minimum absolute atomic E-state index is 0.186. The van der Waals surface area contributed by atoms with Crippen molar-refractivity contribution in [2.24, 2.45) is 0 Å². The van der Waals surface area contributed by atoms with E-state index >= 15 is 0 Å². The van der Waals surface area contributed by atoms with E-state index in [0.717, 1.165) is 31.9 Å². The molecule has 0 aliphatic heterocycles. The van der Waals surface area contributed by atoms with E-state index in [1.54, 1.807) is 24.3 Å². The van der Waals surface area contributed by atoms with Gasteiger partial charge in [0.1, 0.15) is 0 Å². The van der Waals surface area contributed by atoms with Crippen LogP contribution < -0.4 is 10.0 Å². The van der Waals surface area contributed by atoms with Crippen LogP contribution in [0.2, 0.25) is 0 Å². The Morgan fingerprint density at radius 3 is 2.33 bits per heavy atom. The third-order valence-electron chi connectivity index (χ3n) is 3.66. The van der Waals surface area contributed by atoms with Crippen LogP contribution >= 0.6 is 0 Å². The molecular weight excluding hydrogens is 288 g/mol. The van der Waals surface area contributed by atoms with E-state index in [1.807, 2.05) is 0 Å². The van der Waals surface area contributed by atoms with Crippen molar-refractivity contribution in [3.05, 3.63) is 29.8 Å². The number of sulfonamides is 1. The predicted octanol–water partition coefficient (Wildman–Crippen LogP) is 2.51. The molecule has 1 saturated carbocycles. The topological polar surface area (TPSA) is 75.3 Å². The maximum atomic E-state index is 12.4. The zero-order chi connectivity index (χ0) is 15.3. The van der Waals surface area contributed by atoms with Crippen LogP contribution in [0.5, 0.6) is 0 Å². The second-order valence-electron chi connectivity index (χ2n) is 5.58. The summed E-state index contributed by atoms with van der Waals surface area (Å²) in [6.45, 7) is 0. The molecule has 116 valence electrons. The summed E-state index contributed by atoms with van der Waals surface area (Å²) in [7, 11) is -3.40. The first-order valence-electron chi connectivity index (χ1n) is 7.33. The molecule has 0 aromatic heterocycles. The van der Waals surface area contributed by atoms with Gasteiger partial charge in [0.2, 0.25) is 10.0 Å². The van der Waals surface area contributed by atoms with Crippen LogP contribution in [0.1, 0.15) is 48.9 Å². The molecule has 0 unspecified atom stereocenters. The molecule has 0 atom stereocenters. The summed E-state index contributed by atoms with van der Waals surface area (Å²) in [5, 5.41) is 3.03. The average Bonchev–Trinajstić information content (AvgIpc) is 2.66. The number of rotatable bonds is 4. The zero-order valence-corrected chi connectivity index (χ0v) is 13.1. The van der Waals surface area contributed by atoms with Gasteiger partial charge >= 0.3 is 0 Å². The van der Waals surface area contributed by atoms with E-state index < -0.39 is 10.0 Å². The number of nitrogens with one attached hydrogen (secondary N) is 2. The Hall–Kier alpha value is -1.56. The standard InChI is InChI=1S/C15H22N2O3S/c1-21(19,20)17-14-11-7-6-10-13(14)15(18)16-12-8-4-2-3-5-9-12/h6-7,10-12,17H,2-5,8-9H2,1H3,(H,16,18). The number of hydrogen-bond donors (Lipinski definition) is 2. The second kappa shape index (κ2) is 6.93. The molecule has 0 saturated heterocycles. The average molecular weight is 310 g/mol. The Balaban J connectivity index is 2.11. The summed E-state index contributed by atoms with van der Waals surface area (Å²) in [6, 6.07) is 6.86. The van der Waals surface area contributed by atoms with Crippen molar-refractivity contribution >= 4 is 21.6 Å². The van der Waals surface area contributed by atoms with Gasteiger partial charge in [-0.25, -0.2) is 8.42 Å². The first-order valence-corrected chi connectivity index (χ1v) is 9.22. The molecule has 6 heteroatoms. The molecular formula is C15H22N2O3S. The van der Waals surface area contributed by atoms with Crippen LogP contribution in [-0.4, -0.2) is 26.6 Å². The fourth-order valence-electron chi connectivity index (χ4n) is 2.66. The first kappa shape index (κ1) is 15.8. The molecule has 1 fully saturated rings. The summed E-state index contributed by atoms with van der Waals surface area (Å²) in [4.78, 5) is 12.4. The number of carbonyl (C=O) groups is 1. The molecule has 1 amide bonds. The van der Waals surface area contributed by atoms with Crippen LogP contribution in [0.3, 0.4) is 0 Å². The number of amides is 1. The van der Waals surface area contributed by atoms with E-state index in [2.05, 4.69) is 10.0 Å². The largest absolute Gasteiger partial charge is 0.349 e. The Morgan fingerprint density at radius 2 is 1.71 bits per heavy atom. The van der Waals surface area contributed by atoms with E-state index in [4.69, 9.17) is 0 Å². The van der Waals surface area contributed by atoms with E-state index in [9.17, 15) is 13.2 Å². The summed E-state index contributed by atoms with van der Waals surface area (Å²) in [5.74, 6) is -0.214. The van der Waals surface area contributed by atoms with Crippen molar-refractivity contribution in [3.63, 3.8) is 0 Å². The lowest BCUT2D eigenvalue weighted by atomic mass is 10.1. The second-order valence-corrected chi connectivity index (χ2v) is 7.33. The Kier molecular flexibility index (Phi) is 5.22. The maximum absolute atomic E-state index is 12.4. The quantitative estimate of drug-likeness (QED) is 0.839. The van der Waals surface area contributed by atoms with Gasteiger partial charge in [-0.15, -0.1) is 0 Å². The predicted molar refractivity (Wildman–Crippen MR) is 83.9 cm³/mol. The van der Waals surface area contributed by atoms with Crippen molar-refractivity contribution in [1.82, 2.24) is 5.32 Å². The molecule has 5 nitrogen and oxygen atoms in total. The molecule has 2 N–H and O–H groups in total. The highest BCUT2D eigenvalue weighted by Crippen LogP contribution is 2.20. The molecule has 21 heavy (non-hydrogen) atoms. The molecule has 1 aromatic carbocycles. The smallest absolute Gasteiger partial charge is 0.253 e. The van der Waals surface area contributed by atoms with Crippen molar-refractivity contribution in [2.75, 3.05) is 11.0 Å². The number of benzene rings is 1. The lowest BCUT2D eigenvalue weighted by Gasteiger charge is -2.17. The molecule has 2 rings (SSSR count). The Morgan fingerprint density at radius 1 is 1.10 bits per heavy atom. The van der Waals surface area contributed by atoms with Gasteiger partial charge in [-0.3, -0.25) is 9.52 Å².